The summed E-state index contributed by atoms with van der Waals surface area (Å²) in [7, 11) is 0. The monoisotopic (exact) mass is 279 g/mol. The van der Waals surface area contributed by atoms with Crippen molar-refractivity contribution in [3.05, 3.63) is 29.1 Å². The summed E-state index contributed by atoms with van der Waals surface area (Å²) >= 11 is 0. The third kappa shape index (κ3) is 3.51. The number of anilines is 1. The molecular formula is C17H26FNO. The molecule has 2 nitrogen and oxygen atoms in total. The molecule has 112 valence electrons. The van der Waals surface area contributed by atoms with E-state index in [0.29, 0.717) is 23.1 Å². The summed E-state index contributed by atoms with van der Waals surface area (Å²) in [5.74, 6) is 0.414. The van der Waals surface area contributed by atoms with Gasteiger partial charge >= 0.3 is 0 Å². The molecule has 1 aromatic carbocycles. The van der Waals surface area contributed by atoms with Gasteiger partial charge in [0.25, 0.3) is 0 Å². The molecule has 0 aromatic heterocycles. The molecule has 0 heterocycles. The third-order valence-electron chi connectivity index (χ3n) is 4.00. The molecule has 0 radical (unpaired) electrons. The lowest BCUT2D eigenvalue weighted by Gasteiger charge is -2.29. The first-order chi connectivity index (χ1) is 9.40. The number of hydrogen-bond acceptors (Lipinski definition) is 2. The third-order valence-corrected chi connectivity index (χ3v) is 4.00. The molecule has 1 aliphatic rings. The van der Waals surface area contributed by atoms with Crippen molar-refractivity contribution in [2.24, 2.45) is 5.92 Å². The molecule has 1 saturated carbocycles. The van der Waals surface area contributed by atoms with Crippen LogP contribution in [0, 0.1) is 18.7 Å². The van der Waals surface area contributed by atoms with Crippen LogP contribution < -0.4 is 4.90 Å². The number of aryl methyl sites for hydroxylation is 1. The highest BCUT2D eigenvalue weighted by Crippen LogP contribution is 2.37. The van der Waals surface area contributed by atoms with Crippen molar-refractivity contribution in [3.63, 3.8) is 0 Å². The van der Waals surface area contributed by atoms with E-state index in [1.807, 2.05) is 6.07 Å². The predicted molar refractivity (Wildman–Crippen MR) is 81.6 cm³/mol. The van der Waals surface area contributed by atoms with Crippen LogP contribution in [0.4, 0.5) is 10.1 Å². The van der Waals surface area contributed by atoms with Crippen LogP contribution in [0.3, 0.4) is 0 Å². The van der Waals surface area contributed by atoms with Gasteiger partial charge in [-0.1, -0.05) is 13.8 Å². The average Bonchev–Trinajstić information content (AvgIpc) is 3.17. The van der Waals surface area contributed by atoms with Gasteiger partial charge in [-0.25, -0.2) is 4.39 Å². The Morgan fingerprint density at radius 3 is 2.45 bits per heavy atom. The van der Waals surface area contributed by atoms with Crippen LogP contribution >= 0.6 is 0 Å². The summed E-state index contributed by atoms with van der Waals surface area (Å²) in [6, 6.07) is 3.96. The molecule has 0 amide bonds. The fourth-order valence-electron chi connectivity index (χ4n) is 2.55. The van der Waals surface area contributed by atoms with Gasteiger partial charge in [0.05, 0.1) is 6.10 Å². The van der Waals surface area contributed by atoms with Gasteiger partial charge in [-0.05, 0) is 56.7 Å². The Labute approximate surface area is 121 Å². The molecule has 0 aliphatic heterocycles. The minimum atomic E-state index is -0.639. The highest BCUT2D eigenvalue weighted by atomic mass is 19.1. The fraction of sp³-hybridized carbons (Fsp3) is 0.647. The summed E-state index contributed by atoms with van der Waals surface area (Å²) < 4.78 is 13.8. The van der Waals surface area contributed by atoms with Crippen molar-refractivity contribution in [2.45, 2.75) is 59.1 Å². The molecular weight excluding hydrogens is 253 g/mol. The quantitative estimate of drug-likeness (QED) is 0.843. The van der Waals surface area contributed by atoms with Gasteiger partial charge < -0.3 is 10.0 Å². The Bertz CT molecular complexity index is 466. The number of aliphatic hydroxyl groups is 1. The van der Waals surface area contributed by atoms with Gasteiger partial charge in [-0.2, -0.15) is 0 Å². The molecule has 0 saturated heterocycles. The predicted octanol–water partition coefficient (Wildman–Crippen LogP) is 4.20. The summed E-state index contributed by atoms with van der Waals surface area (Å²) in [5.41, 5.74) is 2.38. The zero-order valence-corrected chi connectivity index (χ0v) is 13.0. The second kappa shape index (κ2) is 6.13. The number of rotatable bonds is 6. The molecule has 1 N–H and O–H groups in total. The van der Waals surface area contributed by atoms with Gasteiger partial charge in [0, 0.05) is 23.8 Å². The molecule has 0 unspecified atom stereocenters. The van der Waals surface area contributed by atoms with Crippen molar-refractivity contribution in [2.75, 3.05) is 11.4 Å². The maximum absolute atomic E-state index is 13.8. The van der Waals surface area contributed by atoms with E-state index in [9.17, 15) is 9.50 Å². The van der Waals surface area contributed by atoms with Crippen LogP contribution in [0.1, 0.15) is 57.3 Å². The van der Waals surface area contributed by atoms with Crippen LogP contribution in [-0.4, -0.2) is 17.7 Å². The Hall–Kier alpha value is -1.09. The van der Waals surface area contributed by atoms with Gasteiger partial charge in [-0.15, -0.1) is 0 Å². The first kappa shape index (κ1) is 15.3. The van der Waals surface area contributed by atoms with Crippen molar-refractivity contribution < 1.29 is 9.50 Å². The smallest absolute Gasteiger partial charge is 0.126 e. The Balaban J connectivity index is 2.33. The zero-order valence-electron chi connectivity index (χ0n) is 13.0. The van der Waals surface area contributed by atoms with Crippen LogP contribution in [0.25, 0.3) is 0 Å². The molecule has 1 atom stereocenters. The van der Waals surface area contributed by atoms with E-state index < -0.39 is 6.10 Å². The second-order valence-corrected chi connectivity index (χ2v) is 6.44. The lowest BCUT2D eigenvalue weighted by Crippen LogP contribution is -2.29. The van der Waals surface area contributed by atoms with Crippen molar-refractivity contribution in [1.29, 1.82) is 0 Å². The van der Waals surface area contributed by atoms with Crippen LogP contribution in [-0.2, 0) is 0 Å². The average molecular weight is 279 g/mol. The van der Waals surface area contributed by atoms with E-state index in [1.54, 1.807) is 13.8 Å². The number of aliphatic hydroxyl groups excluding tert-OH is 1. The van der Waals surface area contributed by atoms with E-state index in [4.69, 9.17) is 0 Å². The molecule has 20 heavy (non-hydrogen) atoms. The van der Waals surface area contributed by atoms with Gasteiger partial charge in [0.2, 0.25) is 0 Å². The van der Waals surface area contributed by atoms with Gasteiger partial charge in [0.15, 0.2) is 0 Å². The van der Waals surface area contributed by atoms with Crippen LogP contribution in [0.5, 0.6) is 0 Å². The van der Waals surface area contributed by atoms with Crippen molar-refractivity contribution in [3.8, 4) is 0 Å². The maximum Gasteiger partial charge on any atom is 0.126 e. The van der Waals surface area contributed by atoms with E-state index in [-0.39, 0.29) is 5.82 Å². The topological polar surface area (TPSA) is 23.5 Å². The number of benzene rings is 1. The summed E-state index contributed by atoms with van der Waals surface area (Å²) in [6.45, 7) is 8.92. The molecule has 2 rings (SSSR count). The van der Waals surface area contributed by atoms with E-state index in [1.165, 1.54) is 18.9 Å². The van der Waals surface area contributed by atoms with E-state index >= 15 is 0 Å². The van der Waals surface area contributed by atoms with Crippen molar-refractivity contribution >= 4 is 5.69 Å². The molecule has 1 aliphatic carbocycles. The molecule has 0 bridgehead atoms. The summed E-state index contributed by atoms with van der Waals surface area (Å²) in [5, 5.41) is 9.96. The Morgan fingerprint density at radius 1 is 1.30 bits per heavy atom. The van der Waals surface area contributed by atoms with E-state index in [0.717, 1.165) is 18.7 Å². The number of hydrogen-bond donors (Lipinski definition) is 1. The first-order valence-corrected chi connectivity index (χ1v) is 7.65. The number of halogens is 1. The zero-order chi connectivity index (χ0) is 14.9. The van der Waals surface area contributed by atoms with Gasteiger partial charge in [0.1, 0.15) is 5.82 Å². The largest absolute Gasteiger partial charge is 0.389 e. The normalized spacial score (nSPS) is 16.6. The summed E-state index contributed by atoms with van der Waals surface area (Å²) in [6.07, 6.45) is 2.88. The lowest BCUT2D eigenvalue weighted by molar-refractivity contribution is 0.199. The minimum Gasteiger partial charge on any atom is -0.389 e. The SMILES string of the molecule is Cc1cc(N(CCC(C)C)C2CC2)c([C@H](C)O)cc1F. The molecule has 1 aromatic rings. The van der Waals surface area contributed by atoms with Crippen molar-refractivity contribution in [1.82, 2.24) is 0 Å². The van der Waals surface area contributed by atoms with Crippen LogP contribution in [0.2, 0.25) is 0 Å². The maximum atomic E-state index is 13.8. The Kier molecular flexibility index (Phi) is 4.69. The molecule has 1 fully saturated rings. The highest BCUT2D eigenvalue weighted by Gasteiger charge is 2.31. The Morgan fingerprint density at radius 2 is 1.95 bits per heavy atom. The first-order valence-electron chi connectivity index (χ1n) is 7.65. The second-order valence-electron chi connectivity index (χ2n) is 6.44. The molecule has 3 heteroatoms. The van der Waals surface area contributed by atoms with Gasteiger partial charge in [-0.3, -0.25) is 0 Å². The minimum absolute atomic E-state index is 0.232. The lowest BCUT2D eigenvalue weighted by atomic mass is 10.0. The highest BCUT2D eigenvalue weighted by molar-refractivity contribution is 5.58. The molecule has 0 spiro atoms. The standard InChI is InChI=1S/C17H26FNO/c1-11(2)7-8-19(14-5-6-14)17-9-12(3)16(18)10-15(17)13(4)20/h9-11,13-14,20H,5-8H2,1-4H3/t13-/m0/s1. The van der Waals surface area contributed by atoms with E-state index in [2.05, 4.69) is 18.7 Å². The summed E-state index contributed by atoms with van der Waals surface area (Å²) in [4.78, 5) is 2.37. The fourth-order valence-corrected chi connectivity index (χ4v) is 2.55. The number of nitrogens with zero attached hydrogens (tertiary/aromatic N) is 1. The van der Waals surface area contributed by atoms with Crippen LogP contribution in [0.15, 0.2) is 12.1 Å².